The standard InChI is InChI=1S/C16H8NO3/c18-12-9-15(19-13-7-3-1-5-10(12)13)16-17-11-6-2-4-8-14(11)20-16/h1-8H. The van der Waals surface area contributed by atoms with Gasteiger partial charge in [-0.1, -0.05) is 24.3 Å². The molecule has 4 nitrogen and oxygen atoms in total. The molecule has 0 N–H and O–H groups in total. The minimum Gasteiger partial charge on any atom is -0.450 e. The zero-order valence-electron chi connectivity index (χ0n) is 10.3. The van der Waals surface area contributed by atoms with Crippen LogP contribution >= 0.6 is 0 Å². The molecule has 95 valence electrons. The van der Waals surface area contributed by atoms with Gasteiger partial charge >= 0.3 is 0 Å². The lowest BCUT2D eigenvalue weighted by atomic mass is 10.2. The van der Waals surface area contributed by atoms with Crippen molar-refractivity contribution in [2.24, 2.45) is 0 Å². The number of aromatic nitrogens is 1. The van der Waals surface area contributed by atoms with Gasteiger partial charge in [-0.25, -0.2) is 4.98 Å². The maximum absolute atomic E-state index is 12.0. The third-order valence-corrected chi connectivity index (χ3v) is 3.06. The van der Waals surface area contributed by atoms with E-state index in [1.807, 2.05) is 24.3 Å². The third-order valence-electron chi connectivity index (χ3n) is 3.06. The number of oxazole rings is 1. The molecule has 20 heavy (non-hydrogen) atoms. The molecule has 0 fully saturated rings. The van der Waals surface area contributed by atoms with Gasteiger partial charge in [-0.05, 0) is 24.3 Å². The van der Waals surface area contributed by atoms with Crippen molar-refractivity contribution < 1.29 is 8.83 Å². The molecule has 1 radical (unpaired) electrons. The van der Waals surface area contributed by atoms with Crippen molar-refractivity contribution in [3.8, 4) is 11.7 Å². The Morgan fingerprint density at radius 3 is 2.50 bits per heavy atom. The van der Waals surface area contributed by atoms with E-state index in [0.717, 1.165) is 0 Å². The van der Waals surface area contributed by atoms with Gasteiger partial charge in [0.15, 0.2) is 5.58 Å². The average molecular weight is 262 g/mol. The van der Waals surface area contributed by atoms with Crippen LogP contribution in [-0.4, -0.2) is 4.98 Å². The van der Waals surface area contributed by atoms with E-state index in [2.05, 4.69) is 11.1 Å². The lowest BCUT2D eigenvalue weighted by Crippen LogP contribution is -2.00. The fraction of sp³-hybridized carbons (Fsp3) is 0. The second kappa shape index (κ2) is 4.06. The van der Waals surface area contributed by atoms with Crippen molar-refractivity contribution in [3.63, 3.8) is 0 Å². The van der Waals surface area contributed by atoms with Crippen LogP contribution in [0.5, 0.6) is 0 Å². The van der Waals surface area contributed by atoms with Crippen LogP contribution in [0.15, 0.2) is 62.2 Å². The molecule has 0 aliphatic carbocycles. The van der Waals surface area contributed by atoms with Crippen molar-refractivity contribution in [3.05, 3.63) is 64.8 Å². The van der Waals surface area contributed by atoms with Crippen LogP contribution in [0.25, 0.3) is 33.7 Å². The van der Waals surface area contributed by atoms with Crippen LogP contribution in [0.2, 0.25) is 0 Å². The first-order chi connectivity index (χ1) is 9.81. The molecule has 0 aliphatic heterocycles. The molecule has 0 unspecified atom stereocenters. The first-order valence-electron chi connectivity index (χ1n) is 6.12. The quantitative estimate of drug-likeness (QED) is 0.527. The number of hydrogen-bond donors (Lipinski definition) is 0. The molecule has 0 spiro atoms. The summed E-state index contributed by atoms with van der Waals surface area (Å²) in [5.41, 5.74) is 1.62. The minimum atomic E-state index is -0.232. The molecule has 4 rings (SSSR count). The Kier molecular flexibility index (Phi) is 2.23. The largest absolute Gasteiger partial charge is 0.450 e. The van der Waals surface area contributed by atoms with E-state index in [1.165, 1.54) is 0 Å². The molecule has 2 heterocycles. The second-order valence-electron chi connectivity index (χ2n) is 4.37. The van der Waals surface area contributed by atoms with Crippen LogP contribution in [0, 0.1) is 6.07 Å². The van der Waals surface area contributed by atoms with Crippen molar-refractivity contribution in [2.45, 2.75) is 0 Å². The van der Waals surface area contributed by atoms with Gasteiger partial charge in [0.2, 0.25) is 11.2 Å². The average Bonchev–Trinajstić information content (AvgIpc) is 2.91. The predicted octanol–water partition coefficient (Wildman–Crippen LogP) is 3.40. The highest BCUT2D eigenvalue weighted by molar-refractivity contribution is 5.79. The summed E-state index contributed by atoms with van der Waals surface area (Å²) in [6.07, 6.45) is 0. The molecule has 4 heteroatoms. The first-order valence-corrected chi connectivity index (χ1v) is 6.12. The number of hydrogen-bond acceptors (Lipinski definition) is 4. The van der Waals surface area contributed by atoms with Gasteiger partial charge in [0, 0.05) is 0 Å². The van der Waals surface area contributed by atoms with Gasteiger partial charge < -0.3 is 8.83 Å². The summed E-state index contributed by atoms with van der Waals surface area (Å²) >= 11 is 0. The fourth-order valence-corrected chi connectivity index (χ4v) is 2.12. The Balaban J connectivity index is 1.99. The number of fused-ring (bicyclic) bond motifs is 2. The summed E-state index contributed by atoms with van der Waals surface area (Å²) in [7, 11) is 0. The summed E-state index contributed by atoms with van der Waals surface area (Å²) in [5, 5.41) is 0.493. The first kappa shape index (κ1) is 11.0. The van der Waals surface area contributed by atoms with Gasteiger partial charge in [-0.15, -0.1) is 0 Å². The second-order valence-corrected chi connectivity index (χ2v) is 4.37. The van der Waals surface area contributed by atoms with Crippen LogP contribution < -0.4 is 5.43 Å². The van der Waals surface area contributed by atoms with Crippen LogP contribution in [0.1, 0.15) is 0 Å². The maximum atomic E-state index is 12.0. The van der Waals surface area contributed by atoms with Crippen molar-refractivity contribution in [2.75, 3.05) is 0 Å². The number of rotatable bonds is 1. The highest BCUT2D eigenvalue weighted by atomic mass is 16.4. The summed E-state index contributed by atoms with van der Waals surface area (Å²) in [4.78, 5) is 16.3. The van der Waals surface area contributed by atoms with Crippen molar-refractivity contribution >= 4 is 22.1 Å². The summed E-state index contributed by atoms with van der Waals surface area (Å²) in [6, 6.07) is 17.0. The summed E-state index contributed by atoms with van der Waals surface area (Å²) in [5.74, 6) is 0.471. The molecule has 0 bridgehead atoms. The van der Waals surface area contributed by atoms with Crippen molar-refractivity contribution in [1.82, 2.24) is 4.98 Å². The third kappa shape index (κ3) is 1.62. The molecule has 2 aromatic heterocycles. The Labute approximate surface area is 113 Å². The minimum absolute atomic E-state index is 0.213. The summed E-state index contributed by atoms with van der Waals surface area (Å²) in [6.45, 7) is 0. The van der Waals surface area contributed by atoms with Crippen LogP contribution in [0.3, 0.4) is 0 Å². The molecule has 4 aromatic rings. The van der Waals surface area contributed by atoms with Gasteiger partial charge in [0.05, 0.1) is 11.5 Å². The van der Waals surface area contributed by atoms with Crippen molar-refractivity contribution in [1.29, 1.82) is 0 Å². The Morgan fingerprint density at radius 2 is 1.65 bits per heavy atom. The van der Waals surface area contributed by atoms with E-state index in [1.54, 1.807) is 24.3 Å². The molecule has 0 saturated carbocycles. The zero-order valence-corrected chi connectivity index (χ0v) is 10.3. The predicted molar refractivity (Wildman–Crippen MR) is 74.3 cm³/mol. The molecular weight excluding hydrogens is 254 g/mol. The molecule has 0 amide bonds. The molecule has 0 saturated heterocycles. The van der Waals surface area contributed by atoms with Gasteiger partial charge in [-0.3, -0.25) is 4.79 Å². The van der Waals surface area contributed by atoms with Gasteiger partial charge in [-0.2, -0.15) is 0 Å². The molecular formula is C16H8NO3. The molecule has 0 atom stereocenters. The number of para-hydroxylation sites is 3. The summed E-state index contributed by atoms with van der Waals surface area (Å²) < 4.78 is 11.2. The topological polar surface area (TPSA) is 56.2 Å². The molecule has 2 aromatic carbocycles. The Morgan fingerprint density at radius 1 is 0.900 bits per heavy atom. The van der Waals surface area contributed by atoms with Crippen LogP contribution in [-0.2, 0) is 0 Å². The molecule has 0 aliphatic rings. The Hall–Kier alpha value is -2.88. The van der Waals surface area contributed by atoms with E-state index in [0.29, 0.717) is 22.1 Å². The van der Waals surface area contributed by atoms with Gasteiger partial charge in [0.25, 0.3) is 5.89 Å². The smallest absolute Gasteiger partial charge is 0.264 e. The Bertz CT molecular complexity index is 949. The lowest BCUT2D eigenvalue weighted by molar-refractivity contribution is 0.551. The van der Waals surface area contributed by atoms with E-state index >= 15 is 0 Å². The number of benzene rings is 2. The lowest BCUT2D eigenvalue weighted by Gasteiger charge is -1.97. The number of nitrogens with zero attached hydrogens (tertiary/aromatic N) is 1. The van der Waals surface area contributed by atoms with E-state index in [-0.39, 0.29) is 17.1 Å². The highest BCUT2D eigenvalue weighted by Gasteiger charge is 2.13. The van der Waals surface area contributed by atoms with E-state index < -0.39 is 0 Å². The van der Waals surface area contributed by atoms with Crippen LogP contribution in [0.4, 0.5) is 0 Å². The fourth-order valence-electron chi connectivity index (χ4n) is 2.12. The van der Waals surface area contributed by atoms with Gasteiger partial charge in [0.1, 0.15) is 11.1 Å². The van der Waals surface area contributed by atoms with E-state index in [4.69, 9.17) is 8.83 Å². The SMILES string of the molecule is O=c1[c]c(-c2nc3ccccc3o2)oc2ccccc12. The van der Waals surface area contributed by atoms with E-state index in [9.17, 15) is 4.79 Å². The normalized spacial score (nSPS) is 11.2. The zero-order chi connectivity index (χ0) is 13.5. The maximum Gasteiger partial charge on any atom is 0.264 e. The monoisotopic (exact) mass is 262 g/mol. The highest BCUT2D eigenvalue weighted by Crippen LogP contribution is 2.24.